The number of aryl methyl sites for hydroxylation is 2. The molecule has 0 bridgehead atoms. The Hall–Kier alpha value is -1.29. The molecule has 1 heterocycles. The fourth-order valence-corrected chi connectivity index (χ4v) is 5.78. The third-order valence-corrected chi connectivity index (χ3v) is 7.11. The molecule has 120 valence electrons. The maximum absolute atomic E-state index is 13.1. The first-order valence-electron chi connectivity index (χ1n) is 8.30. The summed E-state index contributed by atoms with van der Waals surface area (Å²) in [6, 6.07) is 5.95. The molecule has 3 nitrogen and oxygen atoms in total. The molecule has 0 radical (unpaired) electrons. The van der Waals surface area contributed by atoms with Crippen LogP contribution in [-0.2, 0) is 16.3 Å². The highest BCUT2D eigenvalue weighted by molar-refractivity contribution is 7.92. The molecular weight excluding hydrogens is 296 g/mol. The van der Waals surface area contributed by atoms with Gasteiger partial charge in [-0.15, -0.1) is 0 Å². The van der Waals surface area contributed by atoms with E-state index in [-0.39, 0.29) is 5.25 Å². The monoisotopic (exact) mass is 320 g/mol. The van der Waals surface area contributed by atoms with Crippen molar-refractivity contribution in [2.24, 2.45) is 0 Å². The van der Waals surface area contributed by atoms with Crippen molar-refractivity contribution in [1.29, 1.82) is 0 Å². The molecule has 1 saturated carbocycles. The minimum absolute atomic E-state index is 0.240. The van der Waals surface area contributed by atoms with Crippen LogP contribution in [0.2, 0.25) is 0 Å². The van der Waals surface area contributed by atoms with Gasteiger partial charge in [0, 0.05) is 5.39 Å². The van der Waals surface area contributed by atoms with Crippen molar-refractivity contribution in [3.05, 3.63) is 29.5 Å². The molecule has 1 aromatic heterocycles. The van der Waals surface area contributed by atoms with E-state index in [9.17, 15) is 8.42 Å². The second-order valence-electron chi connectivity index (χ2n) is 6.37. The molecule has 22 heavy (non-hydrogen) atoms. The Bertz CT molecular complexity index is 765. The van der Waals surface area contributed by atoms with Crippen LogP contribution in [-0.4, -0.2) is 13.7 Å². The molecule has 0 amide bonds. The molecule has 0 atom stereocenters. The second-order valence-corrected chi connectivity index (χ2v) is 8.54. The highest BCUT2D eigenvalue weighted by atomic mass is 32.2. The molecule has 1 aliphatic rings. The Morgan fingerprint density at radius 2 is 1.91 bits per heavy atom. The zero-order chi connectivity index (χ0) is 15.7. The van der Waals surface area contributed by atoms with Crippen LogP contribution < -0.4 is 0 Å². The van der Waals surface area contributed by atoms with Crippen LogP contribution in [0.5, 0.6) is 0 Å². The number of benzene rings is 1. The standard InChI is InChI=1S/C18H24O3S/c1-3-7-14-10-11-17-16(12-14)18(13(2)21-17)22(19,20)15-8-5-4-6-9-15/h10-12,15H,3-9H2,1-2H3. The SMILES string of the molecule is CCCc1ccc2oc(C)c(S(=O)(=O)C3CCCCC3)c2c1. The highest BCUT2D eigenvalue weighted by Crippen LogP contribution is 2.36. The van der Waals surface area contributed by atoms with Crippen LogP contribution in [0.3, 0.4) is 0 Å². The Labute approximate surface area is 132 Å². The van der Waals surface area contributed by atoms with Crippen molar-refractivity contribution < 1.29 is 12.8 Å². The lowest BCUT2D eigenvalue weighted by Crippen LogP contribution is -2.24. The van der Waals surface area contributed by atoms with Gasteiger partial charge in [-0.05, 0) is 43.9 Å². The summed E-state index contributed by atoms with van der Waals surface area (Å²) >= 11 is 0. The van der Waals surface area contributed by atoms with Crippen molar-refractivity contribution in [3.8, 4) is 0 Å². The summed E-state index contributed by atoms with van der Waals surface area (Å²) in [5.74, 6) is 0.536. The summed E-state index contributed by atoms with van der Waals surface area (Å²) < 4.78 is 31.9. The highest BCUT2D eigenvalue weighted by Gasteiger charge is 2.33. The van der Waals surface area contributed by atoms with Gasteiger partial charge in [0.05, 0.1) is 5.25 Å². The van der Waals surface area contributed by atoms with Gasteiger partial charge in [0.1, 0.15) is 16.2 Å². The molecule has 1 aromatic carbocycles. The molecule has 4 heteroatoms. The van der Waals surface area contributed by atoms with Crippen LogP contribution in [0.15, 0.2) is 27.5 Å². The lowest BCUT2D eigenvalue weighted by molar-refractivity contribution is 0.481. The quantitative estimate of drug-likeness (QED) is 0.813. The van der Waals surface area contributed by atoms with E-state index in [0.29, 0.717) is 16.2 Å². The van der Waals surface area contributed by atoms with Gasteiger partial charge in [0.2, 0.25) is 0 Å². The zero-order valence-corrected chi connectivity index (χ0v) is 14.2. The molecule has 3 rings (SSSR count). The minimum Gasteiger partial charge on any atom is -0.460 e. The molecule has 0 N–H and O–H groups in total. The van der Waals surface area contributed by atoms with Crippen LogP contribution in [0.1, 0.15) is 56.8 Å². The second kappa shape index (κ2) is 6.07. The largest absolute Gasteiger partial charge is 0.460 e. The third-order valence-electron chi connectivity index (χ3n) is 4.69. The van der Waals surface area contributed by atoms with Crippen molar-refractivity contribution in [2.45, 2.75) is 68.9 Å². The molecule has 0 unspecified atom stereocenters. The Morgan fingerprint density at radius 3 is 2.59 bits per heavy atom. The van der Waals surface area contributed by atoms with Crippen LogP contribution in [0.25, 0.3) is 11.0 Å². The number of rotatable bonds is 4. The van der Waals surface area contributed by atoms with Gasteiger partial charge in [-0.2, -0.15) is 0 Å². The minimum atomic E-state index is -3.30. The van der Waals surface area contributed by atoms with Gasteiger partial charge in [0.15, 0.2) is 9.84 Å². The maximum atomic E-state index is 13.1. The van der Waals surface area contributed by atoms with E-state index in [2.05, 4.69) is 6.92 Å². The van der Waals surface area contributed by atoms with E-state index in [1.165, 1.54) is 5.56 Å². The number of fused-ring (bicyclic) bond motifs is 1. The molecule has 2 aromatic rings. The molecule has 1 fully saturated rings. The average molecular weight is 320 g/mol. The van der Waals surface area contributed by atoms with E-state index in [0.717, 1.165) is 50.3 Å². The van der Waals surface area contributed by atoms with Gasteiger partial charge >= 0.3 is 0 Å². The van der Waals surface area contributed by atoms with Crippen molar-refractivity contribution in [1.82, 2.24) is 0 Å². The van der Waals surface area contributed by atoms with E-state index < -0.39 is 9.84 Å². The predicted octanol–water partition coefficient (Wildman–Crippen LogP) is 4.80. The first kappa shape index (κ1) is 15.6. The van der Waals surface area contributed by atoms with Gasteiger partial charge in [-0.1, -0.05) is 38.7 Å². The predicted molar refractivity (Wildman–Crippen MR) is 89.0 cm³/mol. The average Bonchev–Trinajstić information content (AvgIpc) is 2.84. The molecule has 0 saturated heterocycles. The number of hydrogen-bond acceptors (Lipinski definition) is 3. The first-order chi connectivity index (χ1) is 10.5. The van der Waals surface area contributed by atoms with Crippen LogP contribution in [0, 0.1) is 6.92 Å². The Morgan fingerprint density at radius 1 is 1.18 bits per heavy atom. The molecule has 0 spiro atoms. The summed E-state index contributed by atoms with van der Waals surface area (Å²) in [5, 5.41) is 0.532. The number of hydrogen-bond donors (Lipinski definition) is 0. The summed E-state index contributed by atoms with van der Waals surface area (Å²) in [7, 11) is -3.30. The molecule has 0 aliphatic heterocycles. The van der Waals surface area contributed by atoms with E-state index in [1.54, 1.807) is 6.92 Å². The summed E-state index contributed by atoms with van der Waals surface area (Å²) in [5.41, 5.74) is 1.86. The van der Waals surface area contributed by atoms with Gasteiger partial charge in [-0.25, -0.2) is 8.42 Å². The van der Waals surface area contributed by atoms with E-state index in [4.69, 9.17) is 4.42 Å². The maximum Gasteiger partial charge on any atom is 0.185 e. The smallest absolute Gasteiger partial charge is 0.185 e. The topological polar surface area (TPSA) is 47.3 Å². The van der Waals surface area contributed by atoms with Gasteiger partial charge in [0.25, 0.3) is 0 Å². The van der Waals surface area contributed by atoms with E-state index >= 15 is 0 Å². The fourth-order valence-electron chi connectivity index (χ4n) is 3.58. The number of sulfone groups is 1. The number of furan rings is 1. The summed E-state index contributed by atoms with van der Waals surface area (Å²) in [6.07, 6.45) is 6.75. The first-order valence-corrected chi connectivity index (χ1v) is 9.84. The van der Waals surface area contributed by atoms with E-state index in [1.807, 2.05) is 18.2 Å². The zero-order valence-electron chi connectivity index (χ0n) is 13.4. The van der Waals surface area contributed by atoms with Crippen molar-refractivity contribution in [2.75, 3.05) is 0 Å². The lowest BCUT2D eigenvalue weighted by atomic mass is 10.0. The molecular formula is C18H24O3S. The lowest BCUT2D eigenvalue weighted by Gasteiger charge is -2.21. The molecule has 1 aliphatic carbocycles. The normalized spacial score (nSPS) is 17.2. The summed E-state index contributed by atoms with van der Waals surface area (Å²) in [4.78, 5) is 0.437. The van der Waals surface area contributed by atoms with Crippen molar-refractivity contribution in [3.63, 3.8) is 0 Å². The van der Waals surface area contributed by atoms with Crippen LogP contribution >= 0.6 is 0 Å². The van der Waals surface area contributed by atoms with Gasteiger partial charge < -0.3 is 4.42 Å². The fraction of sp³-hybridized carbons (Fsp3) is 0.556. The Balaban J connectivity index is 2.12. The summed E-state index contributed by atoms with van der Waals surface area (Å²) in [6.45, 7) is 3.90. The van der Waals surface area contributed by atoms with Crippen molar-refractivity contribution >= 4 is 20.8 Å². The van der Waals surface area contributed by atoms with Crippen LogP contribution in [0.4, 0.5) is 0 Å². The van der Waals surface area contributed by atoms with Gasteiger partial charge in [-0.3, -0.25) is 0 Å². The Kier molecular flexibility index (Phi) is 4.31. The third kappa shape index (κ3) is 2.69.